The van der Waals surface area contributed by atoms with E-state index in [1.807, 2.05) is 10.6 Å². The van der Waals surface area contributed by atoms with Crippen molar-refractivity contribution in [3.63, 3.8) is 0 Å². The summed E-state index contributed by atoms with van der Waals surface area (Å²) in [4.78, 5) is 12.6. The van der Waals surface area contributed by atoms with E-state index in [-0.39, 0.29) is 5.56 Å². The zero-order valence-corrected chi connectivity index (χ0v) is 13.9. The van der Waals surface area contributed by atoms with Gasteiger partial charge in [-0.2, -0.15) is 0 Å². The van der Waals surface area contributed by atoms with Crippen LogP contribution in [0.3, 0.4) is 0 Å². The van der Waals surface area contributed by atoms with Gasteiger partial charge in [0.2, 0.25) is 0 Å². The maximum absolute atomic E-state index is 12.6. The number of hydrogen-bond donors (Lipinski definition) is 1. The van der Waals surface area contributed by atoms with Crippen molar-refractivity contribution in [2.24, 2.45) is 0 Å². The molecular formula is C17H30N2O2. The van der Waals surface area contributed by atoms with E-state index in [1.165, 1.54) is 12.8 Å². The van der Waals surface area contributed by atoms with Gasteiger partial charge in [0, 0.05) is 38.0 Å². The lowest BCUT2D eigenvalue weighted by molar-refractivity contribution is 0.199. The molecule has 4 nitrogen and oxygen atoms in total. The summed E-state index contributed by atoms with van der Waals surface area (Å²) in [5.74, 6) is 0.370. The molecule has 4 heteroatoms. The van der Waals surface area contributed by atoms with Gasteiger partial charge >= 0.3 is 0 Å². The first-order chi connectivity index (χ1) is 10.1. The van der Waals surface area contributed by atoms with E-state index in [0.29, 0.717) is 19.1 Å². The largest absolute Gasteiger partial charge is 0.383 e. The molecule has 1 aromatic rings. The van der Waals surface area contributed by atoms with Gasteiger partial charge < -0.3 is 14.6 Å². The third-order valence-corrected chi connectivity index (χ3v) is 3.66. The number of nitrogens with one attached hydrogen (secondary N) is 1. The summed E-state index contributed by atoms with van der Waals surface area (Å²) in [6.07, 6.45) is 3.40. The molecule has 0 amide bonds. The third-order valence-electron chi connectivity index (χ3n) is 3.66. The molecule has 0 aliphatic carbocycles. The van der Waals surface area contributed by atoms with E-state index in [1.54, 1.807) is 7.11 Å². The number of rotatable bonds is 10. The van der Waals surface area contributed by atoms with Gasteiger partial charge in [-0.05, 0) is 18.4 Å². The van der Waals surface area contributed by atoms with Crippen molar-refractivity contribution in [1.29, 1.82) is 0 Å². The number of ether oxygens (including phenoxy) is 1. The van der Waals surface area contributed by atoms with E-state index in [9.17, 15) is 4.79 Å². The highest BCUT2D eigenvalue weighted by Gasteiger charge is 2.11. The van der Waals surface area contributed by atoms with E-state index in [0.717, 1.165) is 30.8 Å². The van der Waals surface area contributed by atoms with Crippen molar-refractivity contribution in [1.82, 2.24) is 9.88 Å². The minimum Gasteiger partial charge on any atom is -0.383 e. The minimum absolute atomic E-state index is 0.155. The Morgan fingerprint density at radius 2 is 2.05 bits per heavy atom. The first-order valence-corrected chi connectivity index (χ1v) is 8.04. The Morgan fingerprint density at radius 3 is 2.67 bits per heavy atom. The Bertz CT molecular complexity index is 466. The first-order valence-electron chi connectivity index (χ1n) is 8.04. The molecule has 0 unspecified atom stereocenters. The molecule has 0 aliphatic heterocycles. The van der Waals surface area contributed by atoms with Crippen molar-refractivity contribution in [3.8, 4) is 0 Å². The summed E-state index contributed by atoms with van der Waals surface area (Å²) in [5, 5.41) is 3.25. The quantitative estimate of drug-likeness (QED) is 0.675. The summed E-state index contributed by atoms with van der Waals surface area (Å²) in [5.41, 5.74) is 2.13. The van der Waals surface area contributed by atoms with Gasteiger partial charge in [-0.15, -0.1) is 0 Å². The molecule has 0 radical (unpaired) electrons. The molecule has 0 spiro atoms. The van der Waals surface area contributed by atoms with Crippen LogP contribution in [0, 0.1) is 0 Å². The molecule has 1 heterocycles. The van der Waals surface area contributed by atoms with Crippen molar-refractivity contribution in [3.05, 3.63) is 33.7 Å². The maximum Gasteiger partial charge on any atom is 0.255 e. The van der Waals surface area contributed by atoms with Crippen molar-refractivity contribution in [2.45, 2.75) is 59.0 Å². The summed E-state index contributed by atoms with van der Waals surface area (Å²) < 4.78 is 6.97. The predicted molar refractivity (Wildman–Crippen MR) is 87.9 cm³/mol. The zero-order chi connectivity index (χ0) is 15.7. The molecule has 0 saturated heterocycles. The van der Waals surface area contributed by atoms with Crippen molar-refractivity contribution < 1.29 is 4.74 Å². The second-order valence-electron chi connectivity index (χ2n) is 5.77. The number of pyridine rings is 1. The van der Waals surface area contributed by atoms with Crippen molar-refractivity contribution in [2.75, 3.05) is 20.3 Å². The maximum atomic E-state index is 12.6. The van der Waals surface area contributed by atoms with Crippen LogP contribution in [-0.4, -0.2) is 24.8 Å². The molecule has 0 fully saturated rings. The molecule has 0 bridgehead atoms. The van der Waals surface area contributed by atoms with Crippen LogP contribution in [0.2, 0.25) is 0 Å². The van der Waals surface area contributed by atoms with Crippen LogP contribution in [0.1, 0.15) is 57.2 Å². The van der Waals surface area contributed by atoms with Crippen LogP contribution >= 0.6 is 0 Å². The zero-order valence-electron chi connectivity index (χ0n) is 13.9. The van der Waals surface area contributed by atoms with E-state index < -0.39 is 0 Å². The van der Waals surface area contributed by atoms with Gasteiger partial charge in [0.1, 0.15) is 0 Å². The fourth-order valence-electron chi connectivity index (χ4n) is 2.42. The summed E-state index contributed by atoms with van der Waals surface area (Å²) in [6, 6.07) is 4.07. The summed E-state index contributed by atoms with van der Waals surface area (Å²) in [6.45, 7) is 9.32. The lowest BCUT2D eigenvalue weighted by Crippen LogP contribution is -2.30. The van der Waals surface area contributed by atoms with Gasteiger partial charge in [0.05, 0.1) is 6.61 Å². The molecule has 21 heavy (non-hydrogen) atoms. The fraction of sp³-hybridized carbons (Fsp3) is 0.706. The van der Waals surface area contributed by atoms with E-state index in [4.69, 9.17) is 4.74 Å². The van der Waals surface area contributed by atoms with Gasteiger partial charge in [-0.3, -0.25) is 4.79 Å². The Balaban J connectivity index is 2.86. The van der Waals surface area contributed by atoms with Gasteiger partial charge in [0.15, 0.2) is 0 Å². The number of hydrogen-bond acceptors (Lipinski definition) is 3. The van der Waals surface area contributed by atoms with E-state index in [2.05, 4.69) is 32.2 Å². The predicted octanol–water partition coefficient (Wildman–Crippen LogP) is 2.90. The normalized spacial score (nSPS) is 11.3. The van der Waals surface area contributed by atoms with Crippen LogP contribution in [0.15, 0.2) is 16.9 Å². The molecule has 0 aliphatic rings. The van der Waals surface area contributed by atoms with Gasteiger partial charge in [-0.1, -0.05) is 39.7 Å². The number of unbranched alkanes of at least 4 members (excludes halogenated alkanes) is 2. The molecule has 0 aromatic carbocycles. The van der Waals surface area contributed by atoms with Crippen LogP contribution in [0.5, 0.6) is 0 Å². The van der Waals surface area contributed by atoms with Crippen molar-refractivity contribution >= 4 is 0 Å². The Kier molecular flexibility index (Phi) is 8.31. The van der Waals surface area contributed by atoms with Gasteiger partial charge in [-0.25, -0.2) is 0 Å². The minimum atomic E-state index is 0.155. The number of methoxy groups -OCH3 is 1. The van der Waals surface area contributed by atoms with Crippen LogP contribution < -0.4 is 10.9 Å². The standard InChI is InChI=1S/C17H30N2O2/c1-5-6-7-11-19-16(14(2)3)9-8-15(17(19)20)13-18-10-12-21-4/h8-9,14,18H,5-7,10-13H2,1-4H3. The van der Waals surface area contributed by atoms with Crippen LogP contribution in [-0.2, 0) is 17.8 Å². The molecule has 1 aromatic heterocycles. The highest BCUT2D eigenvalue weighted by molar-refractivity contribution is 5.18. The topological polar surface area (TPSA) is 43.3 Å². The Hall–Kier alpha value is -1.13. The first kappa shape index (κ1) is 17.9. The van der Waals surface area contributed by atoms with Crippen LogP contribution in [0.25, 0.3) is 0 Å². The molecule has 0 atom stereocenters. The molecule has 1 rings (SSSR count). The lowest BCUT2D eigenvalue weighted by Gasteiger charge is -2.17. The Morgan fingerprint density at radius 1 is 1.29 bits per heavy atom. The average molecular weight is 294 g/mol. The smallest absolute Gasteiger partial charge is 0.255 e. The van der Waals surface area contributed by atoms with Gasteiger partial charge in [0.25, 0.3) is 5.56 Å². The third kappa shape index (κ3) is 5.64. The fourth-order valence-corrected chi connectivity index (χ4v) is 2.42. The number of aromatic nitrogens is 1. The molecule has 120 valence electrons. The summed E-state index contributed by atoms with van der Waals surface area (Å²) in [7, 11) is 1.68. The average Bonchev–Trinajstić information content (AvgIpc) is 2.46. The SMILES string of the molecule is CCCCCn1c(C(C)C)ccc(CNCCOC)c1=O. The highest BCUT2D eigenvalue weighted by atomic mass is 16.5. The molecule has 1 N–H and O–H groups in total. The van der Waals surface area contributed by atoms with Crippen LogP contribution in [0.4, 0.5) is 0 Å². The van der Waals surface area contributed by atoms with E-state index >= 15 is 0 Å². The highest BCUT2D eigenvalue weighted by Crippen LogP contribution is 2.14. The second-order valence-corrected chi connectivity index (χ2v) is 5.77. The summed E-state index contributed by atoms with van der Waals surface area (Å²) >= 11 is 0. The Labute approximate surface area is 128 Å². The molecular weight excluding hydrogens is 264 g/mol. The monoisotopic (exact) mass is 294 g/mol. The number of nitrogens with zero attached hydrogens (tertiary/aromatic N) is 1. The second kappa shape index (κ2) is 9.74. The molecule has 0 saturated carbocycles. The lowest BCUT2D eigenvalue weighted by atomic mass is 10.1.